The fourth-order valence-corrected chi connectivity index (χ4v) is 5.87. The molecule has 2 atom stereocenters. The van der Waals surface area contributed by atoms with Crippen LogP contribution in [0.3, 0.4) is 0 Å². The molecule has 0 aromatic heterocycles. The molecule has 5 rings (SSSR count). The van der Waals surface area contributed by atoms with E-state index in [1.807, 2.05) is 48.5 Å². The highest BCUT2D eigenvalue weighted by atomic mass is 16.5. The summed E-state index contributed by atoms with van der Waals surface area (Å²) in [4.78, 5) is 29.7. The molecule has 38 heavy (non-hydrogen) atoms. The zero-order chi connectivity index (χ0) is 26.3. The van der Waals surface area contributed by atoms with Gasteiger partial charge < -0.3 is 30.5 Å². The maximum absolute atomic E-state index is 12.6. The Balaban J connectivity index is 1.04. The Morgan fingerprint density at radius 2 is 1.53 bits per heavy atom. The van der Waals surface area contributed by atoms with Crippen LogP contribution in [0.15, 0.2) is 48.5 Å². The molecule has 3 amide bonds. The van der Waals surface area contributed by atoms with Crippen LogP contribution in [0.2, 0.25) is 0 Å². The van der Waals surface area contributed by atoms with Gasteiger partial charge in [0.15, 0.2) is 0 Å². The van der Waals surface area contributed by atoms with E-state index < -0.39 is 0 Å². The summed E-state index contributed by atoms with van der Waals surface area (Å²) in [5.74, 6) is 1.64. The smallest absolute Gasteiger partial charge is 0.323 e. The van der Waals surface area contributed by atoms with Crippen molar-refractivity contribution in [2.24, 2.45) is 11.8 Å². The quantitative estimate of drug-likeness (QED) is 0.460. The number of anilines is 3. The number of nitrogens with one attached hydrogen (secondary N) is 3. The molecule has 2 aromatic rings. The van der Waals surface area contributed by atoms with E-state index in [2.05, 4.69) is 32.8 Å². The molecular formula is C30H41N5O3. The highest BCUT2D eigenvalue weighted by Crippen LogP contribution is 2.27. The van der Waals surface area contributed by atoms with Gasteiger partial charge in [-0.2, -0.15) is 0 Å². The van der Waals surface area contributed by atoms with Gasteiger partial charge in [-0.25, -0.2) is 4.79 Å². The van der Waals surface area contributed by atoms with Crippen molar-refractivity contribution >= 4 is 29.0 Å². The summed E-state index contributed by atoms with van der Waals surface area (Å²) in [6.45, 7) is 4.59. The first-order valence-electron chi connectivity index (χ1n) is 14.2. The Morgan fingerprint density at radius 1 is 0.842 bits per heavy atom. The van der Waals surface area contributed by atoms with Crippen LogP contribution in [-0.4, -0.2) is 62.7 Å². The van der Waals surface area contributed by atoms with Crippen molar-refractivity contribution in [3.63, 3.8) is 0 Å². The summed E-state index contributed by atoms with van der Waals surface area (Å²) in [6, 6.07) is 15.2. The van der Waals surface area contributed by atoms with Crippen LogP contribution in [0.5, 0.6) is 5.75 Å². The first-order chi connectivity index (χ1) is 18.5. The van der Waals surface area contributed by atoms with E-state index in [-0.39, 0.29) is 17.9 Å². The van der Waals surface area contributed by atoms with Crippen molar-refractivity contribution in [2.75, 3.05) is 55.3 Å². The summed E-state index contributed by atoms with van der Waals surface area (Å²) in [7, 11) is 2.09. The van der Waals surface area contributed by atoms with Gasteiger partial charge in [0.05, 0.1) is 12.0 Å². The minimum absolute atomic E-state index is 0.124. The average molecular weight is 520 g/mol. The van der Waals surface area contributed by atoms with Crippen molar-refractivity contribution in [2.45, 2.75) is 51.0 Å². The SMILES string of the molecule is CN1CCCC(C(=O)NCC2CCN(c3ccc(NC(=O)Nc4ccc(OC5CCCC5)cc4)cc3)C2)C1. The largest absolute Gasteiger partial charge is 0.490 e. The number of ether oxygens (including phenoxy) is 1. The maximum atomic E-state index is 12.6. The number of benzene rings is 2. The van der Waals surface area contributed by atoms with Crippen molar-refractivity contribution in [1.29, 1.82) is 0 Å². The fraction of sp³-hybridized carbons (Fsp3) is 0.533. The summed E-state index contributed by atoms with van der Waals surface area (Å²) >= 11 is 0. The molecule has 8 nitrogen and oxygen atoms in total. The van der Waals surface area contributed by atoms with Gasteiger partial charge >= 0.3 is 6.03 Å². The van der Waals surface area contributed by atoms with Gasteiger partial charge in [-0.1, -0.05) is 0 Å². The van der Waals surface area contributed by atoms with Crippen molar-refractivity contribution in [3.8, 4) is 5.75 Å². The molecule has 1 aliphatic carbocycles. The number of carbonyl (C=O) groups excluding carboxylic acids is 2. The standard InChI is InChI=1S/C30H41N5O3/c1-34-17-4-5-23(21-34)29(36)31-19-22-16-18-35(20-22)26-12-8-24(9-13-26)32-30(37)33-25-10-14-28(15-11-25)38-27-6-2-3-7-27/h8-15,22-23,27H,2-7,16-21H2,1H3,(H,31,36)(H2,32,33,37). The van der Waals surface area contributed by atoms with Gasteiger partial charge in [0.1, 0.15) is 5.75 Å². The van der Waals surface area contributed by atoms with Crippen LogP contribution in [-0.2, 0) is 4.79 Å². The zero-order valence-corrected chi connectivity index (χ0v) is 22.5. The lowest BCUT2D eigenvalue weighted by Gasteiger charge is -2.29. The van der Waals surface area contributed by atoms with Crippen molar-refractivity contribution in [1.82, 2.24) is 10.2 Å². The highest BCUT2D eigenvalue weighted by molar-refractivity contribution is 5.99. The maximum Gasteiger partial charge on any atom is 0.323 e. The van der Waals surface area contributed by atoms with Gasteiger partial charge in [0, 0.05) is 43.2 Å². The van der Waals surface area contributed by atoms with Gasteiger partial charge in [-0.3, -0.25) is 4.79 Å². The van der Waals surface area contributed by atoms with E-state index in [9.17, 15) is 9.59 Å². The predicted molar refractivity (Wildman–Crippen MR) is 152 cm³/mol. The number of urea groups is 1. The summed E-state index contributed by atoms with van der Waals surface area (Å²) in [5.41, 5.74) is 2.60. The number of likely N-dealkylation sites (tertiary alicyclic amines) is 1. The third kappa shape index (κ3) is 7.19. The molecule has 2 unspecified atom stereocenters. The number of nitrogens with zero attached hydrogens (tertiary/aromatic N) is 2. The molecule has 3 fully saturated rings. The fourth-order valence-electron chi connectivity index (χ4n) is 5.87. The Labute approximate surface area is 226 Å². The van der Waals surface area contributed by atoms with Gasteiger partial charge in [-0.15, -0.1) is 0 Å². The number of carbonyl (C=O) groups is 2. The predicted octanol–water partition coefficient (Wildman–Crippen LogP) is 4.94. The third-order valence-electron chi connectivity index (χ3n) is 8.05. The molecule has 8 heteroatoms. The lowest BCUT2D eigenvalue weighted by Crippen LogP contribution is -2.42. The number of hydrogen-bond donors (Lipinski definition) is 3. The highest BCUT2D eigenvalue weighted by Gasteiger charge is 2.27. The van der Waals surface area contributed by atoms with Gasteiger partial charge in [0.2, 0.25) is 5.91 Å². The number of rotatable bonds is 8. The minimum atomic E-state index is -0.275. The normalized spacial score (nSPS) is 22.3. The second-order valence-corrected chi connectivity index (χ2v) is 11.1. The second kappa shape index (κ2) is 12.5. The molecule has 3 aliphatic rings. The monoisotopic (exact) mass is 519 g/mol. The Hall–Kier alpha value is -3.26. The van der Waals surface area contributed by atoms with E-state index in [1.54, 1.807) is 0 Å². The van der Waals surface area contributed by atoms with E-state index >= 15 is 0 Å². The number of hydrogen-bond acceptors (Lipinski definition) is 5. The Kier molecular flexibility index (Phi) is 8.68. The number of amides is 3. The van der Waals surface area contributed by atoms with Crippen LogP contribution in [0.1, 0.15) is 44.9 Å². The van der Waals surface area contributed by atoms with Crippen LogP contribution < -0.4 is 25.6 Å². The van der Waals surface area contributed by atoms with Crippen LogP contribution in [0.4, 0.5) is 21.9 Å². The van der Waals surface area contributed by atoms with Crippen molar-refractivity contribution < 1.29 is 14.3 Å². The zero-order valence-electron chi connectivity index (χ0n) is 22.5. The molecule has 0 radical (unpaired) electrons. The minimum Gasteiger partial charge on any atom is -0.490 e. The molecule has 0 spiro atoms. The molecule has 3 N–H and O–H groups in total. The first-order valence-corrected chi connectivity index (χ1v) is 14.2. The summed E-state index contributed by atoms with van der Waals surface area (Å²) in [5, 5.41) is 8.99. The molecule has 2 aromatic carbocycles. The van der Waals surface area contributed by atoms with E-state index in [0.717, 1.165) is 87.6 Å². The molecular weight excluding hydrogens is 478 g/mol. The third-order valence-corrected chi connectivity index (χ3v) is 8.05. The number of piperidine rings is 1. The van der Waals surface area contributed by atoms with E-state index in [4.69, 9.17) is 4.74 Å². The lowest BCUT2D eigenvalue weighted by atomic mass is 9.97. The Bertz CT molecular complexity index is 1070. The summed E-state index contributed by atoms with van der Waals surface area (Å²) < 4.78 is 5.99. The Morgan fingerprint density at radius 3 is 2.21 bits per heavy atom. The average Bonchev–Trinajstić information content (AvgIpc) is 3.61. The van der Waals surface area contributed by atoms with Gasteiger partial charge in [0.25, 0.3) is 0 Å². The van der Waals surface area contributed by atoms with Crippen LogP contribution in [0, 0.1) is 11.8 Å². The molecule has 1 saturated carbocycles. The first kappa shape index (κ1) is 26.4. The van der Waals surface area contributed by atoms with Crippen molar-refractivity contribution in [3.05, 3.63) is 48.5 Å². The van der Waals surface area contributed by atoms with Gasteiger partial charge in [-0.05, 0) is 113 Å². The van der Waals surface area contributed by atoms with Crippen LogP contribution >= 0.6 is 0 Å². The van der Waals surface area contributed by atoms with E-state index in [1.165, 1.54) is 12.8 Å². The van der Waals surface area contributed by atoms with Crippen LogP contribution in [0.25, 0.3) is 0 Å². The second-order valence-electron chi connectivity index (χ2n) is 11.1. The molecule has 2 aliphatic heterocycles. The molecule has 2 heterocycles. The molecule has 204 valence electrons. The topological polar surface area (TPSA) is 85.9 Å². The molecule has 0 bridgehead atoms. The molecule has 2 saturated heterocycles. The summed E-state index contributed by atoms with van der Waals surface area (Å²) in [6.07, 6.45) is 8.20. The lowest BCUT2D eigenvalue weighted by molar-refractivity contribution is -0.126. The van der Waals surface area contributed by atoms with E-state index in [0.29, 0.717) is 12.0 Å².